The van der Waals surface area contributed by atoms with E-state index in [0.717, 1.165) is 17.0 Å². The van der Waals surface area contributed by atoms with Crippen LogP contribution in [0.3, 0.4) is 0 Å². The second kappa shape index (κ2) is 13.3. The number of rotatable bonds is 12. The zero-order valence-corrected chi connectivity index (χ0v) is 27.8. The van der Waals surface area contributed by atoms with Crippen molar-refractivity contribution in [3.63, 3.8) is 0 Å². The van der Waals surface area contributed by atoms with Gasteiger partial charge in [-0.05, 0) is 57.0 Å². The molecule has 0 radical (unpaired) electrons. The lowest BCUT2D eigenvalue weighted by Gasteiger charge is -2.41. The molecule has 0 amide bonds. The number of phenols is 1. The largest absolute Gasteiger partial charge is 0.508 e. The van der Waals surface area contributed by atoms with Crippen molar-refractivity contribution in [2.75, 3.05) is 24.7 Å². The number of allylic oxidation sites excluding steroid dienone is 2. The molecule has 1 aromatic heterocycles. The zero-order chi connectivity index (χ0) is 35.2. The van der Waals surface area contributed by atoms with Crippen molar-refractivity contribution in [1.82, 2.24) is 0 Å². The Bertz CT molecular complexity index is 1880. The maximum atomic E-state index is 13.3. The number of aromatic hydroxyl groups is 1. The lowest BCUT2D eigenvalue weighted by atomic mass is 9.85. The molecule has 13 nitrogen and oxygen atoms in total. The number of nitrogens with zero attached hydrogens (tertiary/aromatic N) is 2. The Morgan fingerprint density at radius 2 is 1.90 bits per heavy atom. The number of aryl methyl sites for hydroxylation is 1. The first-order valence-corrected chi connectivity index (χ1v) is 16.2. The Morgan fingerprint density at radius 3 is 2.59 bits per heavy atom. The van der Waals surface area contributed by atoms with Crippen molar-refractivity contribution >= 4 is 22.4 Å². The first kappa shape index (κ1) is 34.8. The van der Waals surface area contributed by atoms with Gasteiger partial charge in [0.15, 0.2) is 16.8 Å². The maximum absolute atomic E-state index is 13.3. The van der Waals surface area contributed by atoms with Crippen LogP contribution >= 0.6 is 0 Å². The molecule has 49 heavy (non-hydrogen) atoms. The summed E-state index contributed by atoms with van der Waals surface area (Å²) in [5.74, 6) is 0.986. The molecule has 6 N–H and O–H groups in total. The van der Waals surface area contributed by atoms with Gasteiger partial charge >= 0.3 is 0 Å². The fourth-order valence-electron chi connectivity index (χ4n) is 6.67. The average molecular weight is 679 g/mol. The van der Waals surface area contributed by atoms with E-state index in [-0.39, 0.29) is 24.0 Å². The molecule has 5 unspecified atom stereocenters. The van der Waals surface area contributed by atoms with Crippen molar-refractivity contribution in [2.45, 2.75) is 82.6 Å². The van der Waals surface area contributed by atoms with Crippen molar-refractivity contribution in [2.24, 2.45) is 4.99 Å². The van der Waals surface area contributed by atoms with Crippen molar-refractivity contribution in [3.05, 3.63) is 87.1 Å². The summed E-state index contributed by atoms with van der Waals surface area (Å²) in [6, 6.07) is 9.01. The molecule has 4 heterocycles. The summed E-state index contributed by atoms with van der Waals surface area (Å²) in [7, 11) is 0. The first-order valence-electron chi connectivity index (χ1n) is 16.2. The lowest BCUT2D eigenvalue weighted by Crippen LogP contribution is -2.57. The van der Waals surface area contributed by atoms with Gasteiger partial charge < -0.3 is 44.7 Å². The van der Waals surface area contributed by atoms with Gasteiger partial charge in [0.1, 0.15) is 59.4 Å². The molecule has 3 aliphatic rings. The van der Waals surface area contributed by atoms with E-state index in [2.05, 4.69) is 16.8 Å². The molecule has 0 aliphatic carbocycles. The molecule has 0 bridgehead atoms. The number of ether oxygens (including phenoxy) is 1. The van der Waals surface area contributed by atoms with Gasteiger partial charge in [0.25, 0.3) is 0 Å². The third-order valence-corrected chi connectivity index (χ3v) is 9.42. The van der Waals surface area contributed by atoms with Crippen molar-refractivity contribution in [1.29, 1.82) is 0 Å². The van der Waals surface area contributed by atoms with Gasteiger partial charge in [-0.3, -0.25) is 9.79 Å². The fraction of sp³-hybridized carbons (Fsp3) is 0.444. The molecule has 13 heteroatoms. The summed E-state index contributed by atoms with van der Waals surface area (Å²) in [6.07, 6.45) is -1.99. The second-order valence-electron chi connectivity index (χ2n) is 13.4. The number of phenolic OH excluding ortho intramolecular Hbond substituents is 1. The van der Waals surface area contributed by atoms with Crippen LogP contribution < -0.4 is 15.1 Å². The number of aliphatic hydroxyl groups excluding tert-OH is 4. The van der Waals surface area contributed by atoms with Gasteiger partial charge in [0.2, 0.25) is 0 Å². The Labute approximate surface area is 282 Å². The average Bonchev–Trinajstić information content (AvgIpc) is 3.65. The maximum Gasteiger partial charge on any atom is 0.193 e. The SMILES string of the molecule is CCC1=C2C=CN=C2CN1c1c2c(cc3c(=O)cc(C)oc13)CC(OOCC(O)(Cc1ccc(O)cc1)C(O)C(O)C(O)CO)C(C)(C)O2. The molecule has 0 fully saturated rings. The highest BCUT2D eigenvalue weighted by Gasteiger charge is 2.46. The Balaban J connectivity index is 1.31. The van der Waals surface area contributed by atoms with Crippen LogP contribution in [0.15, 0.2) is 74.1 Å². The highest BCUT2D eigenvalue weighted by molar-refractivity contribution is 6.13. The van der Waals surface area contributed by atoms with Crippen LogP contribution in [0.1, 0.15) is 44.1 Å². The first-order chi connectivity index (χ1) is 23.3. The Kier molecular flexibility index (Phi) is 9.46. The summed E-state index contributed by atoms with van der Waals surface area (Å²) >= 11 is 0. The summed E-state index contributed by atoms with van der Waals surface area (Å²) < 4.78 is 12.9. The van der Waals surface area contributed by atoms with Gasteiger partial charge in [-0.25, -0.2) is 9.78 Å². The number of benzene rings is 2. The highest BCUT2D eigenvalue weighted by Crippen LogP contribution is 2.48. The van der Waals surface area contributed by atoms with Crippen molar-refractivity contribution in [3.8, 4) is 11.5 Å². The minimum absolute atomic E-state index is 0.00689. The molecule has 0 saturated heterocycles. The summed E-state index contributed by atoms with van der Waals surface area (Å²) in [4.78, 5) is 31.4. The van der Waals surface area contributed by atoms with Crippen LogP contribution in [0.4, 0.5) is 5.69 Å². The molecule has 6 rings (SSSR count). The molecule has 0 spiro atoms. The lowest BCUT2D eigenvalue weighted by molar-refractivity contribution is -0.369. The standard InChI is InChI=1S/C36H42N2O11/c1-5-26-23-10-11-37-25(23)16-38(26)30-32-21(13-24-27(41)12-19(2)47-33(24)30)14-29(35(3,4)48-32)49-46-18-36(45,34(44)31(43)28(42)17-39)15-20-6-8-22(40)9-7-20/h6-13,28-29,31,34,39-40,42-45H,5,14-18H2,1-4H3. The number of hydrogen-bond donors (Lipinski definition) is 6. The number of anilines is 1. The zero-order valence-electron chi connectivity index (χ0n) is 27.8. The van der Waals surface area contributed by atoms with E-state index in [9.17, 15) is 35.4 Å². The third-order valence-electron chi connectivity index (χ3n) is 9.42. The molecule has 3 aromatic rings. The van der Waals surface area contributed by atoms with Gasteiger partial charge in [-0.1, -0.05) is 19.1 Å². The predicted octanol–water partition coefficient (Wildman–Crippen LogP) is 2.34. The van der Waals surface area contributed by atoms with E-state index in [1.54, 1.807) is 19.2 Å². The summed E-state index contributed by atoms with van der Waals surface area (Å²) in [6.45, 7) is 6.36. The predicted molar refractivity (Wildman–Crippen MR) is 180 cm³/mol. The molecule has 262 valence electrons. The molecule has 5 atom stereocenters. The smallest absolute Gasteiger partial charge is 0.193 e. The topological polar surface area (TPSA) is 195 Å². The number of aliphatic hydroxyl groups is 5. The van der Waals surface area contributed by atoms with Crippen molar-refractivity contribution < 1.29 is 49.6 Å². The third kappa shape index (κ3) is 6.51. The Morgan fingerprint density at radius 1 is 1.16 bits per heavy atom. The van der Waals surface area contributed by atoms with Crippen LogP contribution in [0.25, 0.3) is 11.0 Å². The van der Waals surface area contributed by atoms with Crippen LogP contribution in [0.5, 0.6) is 11.5 Å². The Hall–Kier alpha value is -4.08. The van der Waals surface area contributed by atoms with E-state index in [4.69, 9.17) is 18.9 Å². The van der Waals surface area contributed by atoms with Gasteiger partial charge in [0, 0.05) is 41.9 Å². The number of hydrogen-bond acceptors (Lipinski definition) is 13. The van der Waals surface area contributed by atoms with Crippen LogP contribution in [0, 0.1) is 6.92 Å². The molecule has 3 aliphatic heterocycles. The highest BCUT2D eigenvalue weighted by atomic mass is 17.2. The monoisotopic (exact) mass is 678 g/mol. The van der Waals surface area contributed by atoms with E-state index >= 15 is 0 Å². The van der Waals surface area contributed by atoms with E-state index in [1.165, 1.54) is 30.3 Å². The number of fused-ring (bicyclic) bond motifs is 3. The molecule has 2 aromatic carbocycles. The molecular formula is C36H42N2O11. The molecule has 0 saturated carbocycles. The van der Waals surface area contributed by atoms with E-state index in [1.807, 2.05) is 19.9 Å². The summed E-state index contributed by atoms with van der Waals surface area (Å²) in [5.41, 5.74) is 1.71. The van der Waals surface area contributed by atoms with Gasteiger partial charge in [-0.2, -0.15) is 0 Å². The van der Waals surface area contributed by atoms with Gasteiger partial charge in [-0.15, -0.1) is 0 Å². The number of aliphatic imine (C=N–C) groups is 1. The summed E-state index contributed by atoms with van der Waals surface area (Å²) in [5, 5.41) is 62.5. The minimum atomic E-state index is -2.21. The fourth-order valence-corrected chi connectivity index (χ4v) is 6.67. The second-order valence-corrected chi connectivity index (χ2v) is 13.4. The van der Waals surface area contributed by atoms with Crippen LogP contribution in [0.2, 0.25) is 0 Å². The van der Waals surface area contributed by atoms with E-state index < -0.39 is 48.8 Å². The van der Waals surface area contributed by atoms with Gasteiger partial charge in [0.05, 0.1) is 24.2 Å². The normalized spacial score (nSPS) is 21.2. The van der Waals surface area contributed by atoms with Crippen LogP contribution in [-0.4, -0.2) is 91.7 Å². The molecular weight excluding hydrogens is 636 g/mol. The minimum Gasteiger partial charge on any atom is -0.508 e. The van der Waals surface area contributed by atoms with E-state index in [0.29, 0.717) is 52.3 Å². The van der Waals surface area contributed by atoms with Crippen LogP contribution in [-0.2, 0) is 22.6 Å². The quantitative estimate of drug-likeness (QED) is 0.121.